The highest BCUT2D eigenvalue weighted by Gasteiger charge is 2.22. The van der Waals surface area contributed by atoms with Crippen molar-refractivity contribution in [2.24, 2.45) is 5.92 Å². The number of hydrogen-bond acceptors (Lipinski definition) is 3. The third kappa shape index (κ3) is 2.86. The normalized spacial score (nSPS) is 13.8. The van der Waals surface area contributed by atoms with Gasteiger partial charge in [-0.3, -0.25) is 9.48 Å². The van der Waals surface area contributed by atoms with Crippen LogP contribution in [0.5, 0.6) is 0 Å². The molecule has 1 aliphatic carbocycles. The lowest BCUT2D eigenvalue weighted by molar-refractivity contribution is 0.102. The van der Waals surface area contributed by atoms with Gasteiger partial charge in [0.1, 0.15) is 0 Å². The molecule has 5 heteroatoms. The molecule has 100 valence electrons. The van der Waals surface area contributed by atoms with Gasteiger partial charge in [0.25, 0.3) is 5.91 Å². The Bertz CT molecular complexity index is 679. The number of carbonyl (C=O) groups excluding carboxylic acids is 1. The van der Waals surface area contributed by atoms with Gasteiger partial charge in [0, 0.05) is 18.3 Å². The SMILES string of the molecule is N#Cc1cccc(C(=O)Nc2cnn(CC3CC3)c2)c1. The molecule has 0 bridgehead atoms. The summed E-state index contributed by atoms with van der Waals surface area (Å²) in [6.45, 7) is 0.916. The molecule has 1 N–H and O–H groups in total. The minimum Gasteiger partial charge on any atom is -0.319 e. The van der Waals surface area contributed by atoms with Crippen molar-refractivity contribution in [3.63, 3.8) is 0 Å². The van der Waals surface area contributed by atoms with Crippen LogP contribution in [0.25, 0.3) is 0 Å². The monoisotopic (exact) mass is 266 g/mol. The Balaban J connectivity index is 1.68. The zero-order valence-corrected chi connectivity index (χ0v) is 10.9. The van der Waals surface area contributed by atoms with E-state index < -0.39 is 0 Å². The molecule has 2 aromatic rings. The molecule has 5 nitrogen and oxygen atoms in total. The number of aromatic nitrogens is 2. The Hall–Kier alpha value is -2.61. The van der Waals surface area contributed by atoms with Crippen molar-refractivity contribution in [2.45, 2.75) is 19.4 Å². The minimum atomic E-state index is -0.229. The molecule has 0 radical (unpaired) electrons. The highest BCUT2D eigenvalue weighted by atomic mass is 16.1. The molecule has 1 fully saturated rings. The highest BCUT2D eigenvalue weighted by Crippen LogP contribution is 2.30. The van der Waals surface area contributed by atoms with Crippen molar-refractivity contribution in [3.05, 3.63) is 47.8 Å². The first-order chi connectivity index (χ1) is 9.74. The van der Waals surface area contributed by atoms with Gasteiger partial charge in [-0.1, -0.05) is 6.07 Å². The lowest BCUT2D eigenvalue weighted by Crippen LogP contribution is -2.11. The Morgan fingerprint density at radius 2 is 2.35 bits per heavy atom. The fourth-order valence-electron chi connectivity index (χ4n) is 2.03. The van der Waals surface area contributed by atoms with Crippen molar-refractivity contribution in [1.29, 1.82) is 5.26 Å². The number of nitrogens with zero attached hydrogens (tertiary/aromatic N) is 3. The number of nitrogens with one attached hydrogen (secondary N) is 1. The van der Waals surface area contributed by atoms with Crippen LogP contribution in [0.4, 0.5) is 5.69 Å². The van der Waals surface area contributed by atoms with Gasteiger partial charge >= 0.3 is 0 Å². The predicted octanol–water partition coefficient (Wildman–Crippen LogP) is 2.42. The second-order valence-electron chi connectivity index (χ2n) is 5.04. The predicted molar refractivity (Wildman–Crippen MR) is 74.1 cm³/mol. The fraction of sp³-hybridized carbons (Fsp3) is 0.267. The second kappa shape index (κ2) is 5.17. The zero-order chi connectivity index (χ0) is 13.9. The van der Waals surface area contributed by atoms with Gasteiger partial charge in [0.05, 0.1) is 23.5 Å². The maximum absolute atomic E-state index is 12.1. The van der Waals surface area contributed by atoms with E-state index in [1.807, 2.05) is 16.9 Å². The van der Waals surface area contributed by atoms with Gasteiger partial charge in [-0.25, -0.2) is 0 Å². The molecule has 1 saturated carbocycles. The largest absolute Gasteiger partial charge is 0.319 e. The first-order valence-corrected chi connectivity index (χ1v) is 6.58. The molecule has 0 saturated heterocycles. The van der Waals surface area contributed by atoms with E-state index in [4.69, 9.17) is 5.26 Å². The first-order valence-electron chi connectivity index (χ1n) is 6.58. The van der Waals surface area contributed by atoms with Gasteiger partial charge < -0.3 is 5.32 Å². The number of carbonyl (C=O) groups is 1. The molecule has 3 rings (SSSR count). The van der Waals surface area contributed by atoms with Crippen LogP contribution in [0.15, 0.2) is 36.7 Å². The Labute approximate surface area is 116 Å². The number of nitriles is 1. The molecule has 0 aliphatic heterocycles. The summed E-state index contributed by atoms with van der Waals surface area (Å²) in [6, 6.07) is 8.65. The molecule has 20 heavy (non-hydrogen) atoms. The van der Waals surface area contributed by atoms with Crippen molar-refractivity contribution in [3.8, 4) is 6.07 Å². The van der Waals surface area contributed by atoms with E-state index in [1.54, 1.807) is 30.5 Å². The van der Waals surface area contributed by atoms with Gasteiger partial charge in [-0.2, -0.15) is 10.4 Å². The maximum atomic E-state index is 12.1. The van der Waals surface area contributed by atoms with Crippen LogP contribution in [0, 0.1) is 17.2 Å². The average molecular weight is 266 g/mol. The maximum Gasteiger partial charge on any atom is 0.255 e. The second-order valence-corrected chi connectivity index (χ2v) is 5.04. The van der Waals surface area contributed by atoms with Crippen LogP contribution in [0.2, 0.25) is 0 Å². The molecule has 0 unspecified atom stereocenters. The quantitative estimate of drug-likeness (QED) is 0.923. The van der Waals surface area contributed by atoms with Crippen molar-refractivity contribution >= 4 is 11.6 Å². The van der Waals surface area contributed by atoms with Gasteiger partial charge in [0.2, 0.25) is 0 Å². The summed E-state index contributed by atoms with van der Waals surface area (Å²) in [5, 5.41) is 15.8. The summed E-state index contributed by atoms with van der Waals surface area (Å²) in [4.78, 5) is 12.1. The molecule has 1 aliphatic rings. The number of anilines is 1. The third-order valence-electron chi connectivity index (χ3n) is 3.29. The van der Waals surface area contributed by atoms with Crippen LogP contribution in [-0.4, -0.2) is 15.7 Å². The zero-order valence-electron chi connectivity index (χ0n) is 10.9. The Kier molecular flexibility index (Phi) is 3.21. The fourth-order valence-corrected chi connectivity index (χ4v) is 2.03. The van der Waals surface area contributed by atoms with E-state index in [-0.39, 0.29) is 5.91 Å². The van der Waals surface area contributed by atoms with Gasteiger partial charge in [-0.05, 0) is 37.0 Å². The lowest BCUT2D eigenvalue weighted by atomic mass is 10.1. The molecule has 1 heterocycles. The summed E-state index contributed by atoms with van der Waals surface area (Å²) >= 11 is 0. The van der Waals surface area contributed by atoms with Crippen LogP contribution in [0.3, 0.4) is 0 Å². The van der Waals surface area contributed by atoms with Gasteiger partial charge in [-0.15, -0.1) is 0 Å². The molecule has 1 amide bonds. The van der Waals surface area contributed by atoms with E-state index in [2.05, 4.69) is 10.4 Å². The summed E-state index contributed by atoms with van der Waals surface area (Å²) in [7, 11) is 0. The van der Waals surface area contributed by atoms with E-state index in [0.29, 0.717) is 16.8 Å². The van der Waals surface area contributed by atoms with Crippen molar-refractivity contribution in [2.75, 3.05) is 5.32 Å². The van der Waals surface area contributed by atoms with Gasteiger partial charge in [0.15, 0.2) is 0 Å². The van der Waals surface area contributed by atoms with Crippen molar-refractivity contribution < 1.29 is 4.79 Å². The standard InChI is InChI=1S/C15H14N4O/c16-7-12-2-1-3-13(6-12)15(20)18-14-8-17-19(10-14)9-11-4-5-11/h1-3,6,8,10-11H,4-5,9H2,(H,18,20). The molecule has 1 aromatic heterocycles. The Morgan fingerprint density at radius 1 is 1.50 bits per heavy atom. The van der Waals surface area contributed by atoms with E-state index in [1.165, 1.54) is 12.8 Å². The summed E-state index contributed by atoms with van der Waals surface area (Å²) < 4.78 is 1.86. The summed E-state index contributed by atoms with van der Waals surface area (Å²) in [5.74, 6) is 0.513. The van der Waals surface area contributed by atoms with Crippen LogP contribution in [0.1, 0.15) is 28.8 Å². The average Bonchev–Trinajstić information content (AvgIpc) is 3.18. The van der Waals surface area contributed by atoms with E-state index in [9.17, 15) is 4.79 Å². The third-order valence-corrected chi connectivity index (χ3v) is 3.29. The van der Waals surface area contributed by atoms with E-state index >= 15 is 0 Å². The number of rotatable bonds is 4. The number of amides is 1. The van der Waals surface area contributed by atoms with Crippen LogP contribution in [-0.2, 0) is 6.54 Å². The summed E-state index contributed by atoms with van der Waals surface area (Å²) in [6.07, 6.45) is 6.02. The van der Waals surface area contributed by atoms with Crippen molar-refractivity contribution in [1.82, 2.24) is 9.78 Å². The van der Waals surface area contributed by atoms with Crippen LogP contribution < -0.4 is 5.32 Å². The smallest absolute Gasteiger partial charge is 0.255 e. The molecular formula is C15H14N4O. The van der Waals surface area contributed by atoms with E-state index in [0.717, 1.165) is 12.5 Å². The number of benzene rings is 1. The topological polar surface area (TPSA) is 70.7 Å². The summed E-state index contributed by atoms with van der Waals surface area (Å²) in [5.41, 5.74) is 1.62. The Morgan fingerprint density at radius 3 is 3.10 bits per heavy atom. The first kappa shape index (κ1) is 12.4. The minimum absolute atomic E-state index is 0.229. The lowest BCUT2D eigenvalue weighted by Gasteiger charge is -2.02. The van der Waals surface area contributed by atoms with Crippen LogP contribution >= 0.6 is 0 Å². The molecule has 1 aromatic carbocycles. The molecular weight excluding hydrogens is 252 g/mol. The highest BCUT2D eigenvalue weighted by molar-refractivity contribution is 6.04. The molecule has 0 atom stereocenters. The number of hydrogen-bond donors (Lipinski definition) is 1. The molecule has 0 spiro atoms.